The summed E-state index contributed by atoms with van der Waals surface area (Å²) in [6.45, 7) is 7.32. The van der Waals surface area contributed by atoms with E-state index >= 15 is 0 Å². The summed E-state index contributed by atoms with van der Waals surface area (Å²) >= 11 is 0. The molecular formula is C11H22N2O. The van der Waals surface area contributed by atoms with Gasteiger partial charge in [-0.15, -0.1) is 0 Å². The first-order chi connectivity index (χ1) is 6.74. The first kappa shape index (κ1) is 11.5. The van der Waals surface area contributed by atoms with Gasteiger partial charge in [-0.2, -0.15) is 0 Å². The molecule has 2 N–H and O–H groups in total. The number of rotatable bonds is 4. The van der Waals surface area contributed by atoms with Gasteiger partial charge < -0.3 is 10.6 Å². The zero-order valence-corrected chi connectivity index (χ0v) is 9.31. The molecule has 14 heavy (non-hydrogen) atoms. The van der Waals surface area contributed by atoms with E-state index in [0.29, 0.717) is 12.3 Å². The van der Waals surface area contributed by atoms with Crippen molar-refractivity contribution in [3.63, 3.8) is 0 Å². The third kappa shape index (κ3) is 3.66. The van der Waals surface area contributed by atoms with Gasteiger partial charge >= 0.3 is 0 Å². The molecule has 0 radical (unpaired) electrons. The van der Waals surface area contributed by atoms with Gasteiger partial charge in [0.15, 0.2) is 0 Å². The number of hydrogen-bond donors (Lipinski definition) is 2. The second-order valence-electron chi connectivity index (χ2n) is 4.28. The Morgan fingerprint density at radius 3 is 3.00 bits per heavy atom. The minimum atomic E-state index is 0.199. The molecule has 82 valence electrons. The molecule has 0 aromatic heterocycles. The summed E-state index contributed by atoms with van der Waals surface area (Å²) < 4.78 is 0. The zero-order chi connectivity index (χ0) is 10.4. The Morgan fingerprint density at radius 1 is 1.57 bits per heavy atom. The predicted octanol–water partition coefficient (Wildman–Crippen LogP) is 1.15. The molecule has 0 spiro atoms. The summed E-state index contributed by atoms with van der Waals surface area (Å²) in [5.74, 6) is 1.55. The number of carbonyl (C=O) groups is 1. The van der Waals surface area contributed by atoms with Gasteiger partial charge in [-0.25, -0.2) is 0 Å². The molecule has 3 nitrogen and oxygen atoms in total. The van der Waals surface area contributed by atoms with Gasteiger partial charge in [0, 0.05) is 13.0 Å². The van der Waals surface area contributed by atoms with Crippen LogP contribution in [-0.4, -0.2) is 25.5 Å². The predicted molar refractivity (Wildman–Crippen MR) is 58.1 cm³/mol. The summed E-state index contributed by atoms with van der Waals surface area (Å²) in [6, 6.07) is 0. The lowest BCUT2D eigenvalue weighted by atomic mass is 9.88. The molecule has 1 aliphatic heterocycles. The topological polar surface area (TPSA) is 41.1 Å². The van der Waals surface area contributed by atoms with Crippen LogP contribution in [0.25, 0.3) is 0 Å². The lowest BCUT2D eigenvalue weighted by Crippen LogP contribution is -2.42. The van der Waals surface area contributed by atoms with Crippen LogP contribution in [0.15, 0.2) is 0 Å². The van der Waals surface area contributed by atoms with Crippen LogP contribution in [0.4, 0.5) is 0 Å². The minimum Gasteiger partial charge on any atom is -0.356 e. The molecular weight excluding hydrogens is 176 g/mol. The van der Waals surface area contributed by atoms with E-state index in [-0.39, 0.29) is 5.91 Å². The molecule has 1 aliphatic rings. The lowest BCUT2D eigenvalue weighted by molar-refractivity contribution is -0.121. The van der Waals surface area contributed by atoms with Crippen molar-refractivity contribution >= 4 is 5.91 Å². The van der Waals surface area contributed by atoms with Crippen LogP contribution in [0.2, 0.25) is 0 Å². The van der Waals surface area contributed by atoms with Crippen molar-refractivity contribution in [2.45, 2.75) is 33.1 Å². The van der Waals surface area contributed by atoms with Crippen molar-refractivity contribution in [1.82, 2.24) is 10.6 Å². The second-order valence-corrected chi connectivity index (χ2v) is 4.28. The normalized spacial score (nSPS) is 27.3. The Kier molecular flexibility index (Phi) is 4.94. The molecule has 1 fully saturated rings. The highest BCUT2D eigenvalue weighted by molar-refractivity contribution is 5.75. The summed E-state index contributed by atoms with van der Waals surface area (Å²) in [4.78, 5) is 11.3. The SMILES string of the molecule is CCCC(=O)NCC1CNCCC1C. The second kappa shape index (κ2) is 6.02. The Bertz CT molecular complexity index is 182. The highest BCUT2D eigenvalue weighted by Gasteiger charge is 2.20. The number of nitrogens with one attached hydrogen (secondary N) is 2. The van der Waals surface area contributed by atoms with Gasteiger partial charge in [0.1, 0.15) is 0 Å². The number of piperidine rings is 1. The fourth-order valence-electron chi connectivity index (χ4n) is 1.89. The molecule has 1 rings (SSSR count). The van der Waals surface area contributed by atoms with E-state index in [1.165, 1.54) is 6.42 Å². The van der Waals surface area contributed by atoms with Crippen LogP contribution in [0.1, 0.15) is 33.1 Å². The van der Waals surface area contributed by atoms with Gasteiger partial charge in [-0.3, -0.25) is 4.79 Å². The Hall–Kier alpha value is -0.570. The van der Waals surface area contributed by atoms with Gasteiger partial charge in [-0.05, 0) is 37.8 Å². The van der Waals surface area contributed by atoms with Crippen molar-refractivity contribution in [2.24, 2.45) is 11.8 Å². The molecule has 0 aliphatic carbocycles. The molecule has 1 amide bonds. The summed E-state index contributed by atoms with van der Waals surface area (Å²) in [7, 11) is 0. The van der Waals surface area contributed by atoms with E-state index in [2.05, 4.69) is 17.6 Å². The summed E-state index contributed by atoms with van der Waals surface area (Å²) in [5, 5.41) is 6.37. The van der Waals surface area contributed by atoms with Gasteiger partial charge in [0.25, 0.3) is 0 Å². The largest absolute Gasteiger partial charge is 0.356 e. The molecule has 1 saturated heterocycles. The maximum absolute atomic E-state index is 11.3. The van der Waals surface area contributed by atoms with Gasteiger partial charge in [0.2, 0.25) is 5.91 Å². The highest BCUT2D eigenvalue weighted by atomic mass is 16.1. The van der Waals surface area contributed by atoms with Crippen LogP contribution in [0.3, 0.4) is 0 Å². The molecule has 0 saturated carbocycles. The van der Waals surface area contributed by atoms with Gasteiger partial charge in [-0.1, -0.05) is 13.8 Å². The van der Waals surface area contributed by atoms with Crippen molar-refractivity contribution < 1.29 is 4.79 Å². The first-order valence-electron chi connectivity index (χ1n) is 5.71. The van der Waals surface area contributed by atoms with Gasteiger partial charge in [0.05, 0.1) is 0 Å². The van der Waals surface area contributed by atoms with Crippen LogP contribution >= 0.6 is 0 Å². The summed E-state index contributed by atoms with van der Waals surface area (Å²) in [6.07, 6.45) is 2.83. The first-order valence-corrected chi connectivity index (χ1v) is 5.71. The van der Waals surface area contributed by atoms with Crippen LogP contribution in [0.5, 0.6) is 0 Å². The molecule has 1 heterocycles. The number of carbonyl (C=O) groups excluding carboxylic acids is 1. The average molecular weight is 198 g/mol. The minimum absolute atomic E-state index is 0.199. The summed E-state index contributed by atoms with van der Waals surface area (Å²) in [5.41, 5.74) is 0. The highest BCUT2D eigenvalue weighted by Crippen LogP contribution is 2.17. The van der Waals surface area contributed by atoms with E-state index in [1.807, 2.05) is 6.92 Å². The third-order valence-corrected chi connectivity index (χ3v) is 3.03. The van der Waals surface area contributed by atoms with Crippen LogP contribution in [-0.2, 0) is 4.79 Å². The fourth-order valence-corrected chi connectivity index (χ4v) is 1.89. The van der Waals surface area contributed by atoms with Crippen molar-refractivity contribution in [3.05, 3.63) is 0 Å². The van der Waals surface area contributed by atoms with Crippen molar-refractivity contribution in [1.29, 1.82) is 0 Å². The van der Waals surface area contributed by atoms with Crippen molar-refractivity contribution in [3.8, 4) is 0 Å². The monoisotopic (exact) mass is 198 g/mol. The smallest absolute Gasteiger partial charge is 0.219 e. The lowest BCUT2D eigenvalue weighted by Gasteiger charge is -2.29. The Morgan fingerprint density at radius 2 is 2.36 bits per heavy atom. The molecule has 0 aromatic carbocycles. The molecule has 3 heteroatoms. The Labute approximate surface area is 86.6 Å². The van der Waals surface area contributed by atoms with E-state index in [0.717, 1.165) is 32.0 Å². The quantitative estimate of drug-likeness (QED) is 0.711. The fraction of sp³-hybridized carbons (Fsp3) is 0.909. The zero-order valence-electron chi connectivity index (χ0n) is 9.31. The third-order valence-electron chi connectivity index (χ3n) is 3.03. The van der Waals surface area contributed by atoms with E-state index in [4.69, 9.17) is 0 Å². The molecule has 2 unspecified atom stereocenters. The number of hydrogen-bond acceptors (Lipinski definition) is 2. The van der Waals surface area contributed by atoms with Crippen molar-refractivity contribution in [2.75, 3.05) is 19.6 Å². The van der Waals surface area contributed by atoms with E-state index < -0.39 is 0 Å². The standard InChI is InChI=1S/C11H22N2O/c1-3-4-11(14)13-8-10-7-12-6-5-9(10)2/h9-10,12H,3-8H2,1-2H3,(H,13,14). The molecule has 0 aromatic rings. The Balaban J connectivity index is 2.19. The molecule has 2 atom stereocenters. The van der Waals surface area contributed by atoms with Crippen LogP contribution in [0, 0.1) is 11.8 Å². The molecule has 0 bridgehead atoms. The van der Waals surface area contributed by atoms with E-state index in [9.17, 15) is 4.79 Å². The number of amides is 1. The van der Waals surface area contributed by atoms with E-state index in [1.54, 1.807) is 0 Å². The maximum Gasteiger partial charge on any atom is 0.219 e. The van der Waals surface area contributed by atoms with Crippen LogP contribution < -0.4 is 10.6 Å². The maximum atomic E-state index is 11.3. The average Bonchev–Trinajstić information content (AvgIpc) is 2.17.